The van der Waals surface area contributed by atoms with Gasteiger partial charge in [-0.2, -0.15) is 0 Å². The molecule has 0 aliphatic carbocycles. The van der Waals surface area contributed by atoms with Crippen molar-refractivity contribution in [1.29, 1.82) is 0 Å². The summed E-state index contributed by atoms with van der Waals surface area (Å²) in [7, 11) is 0. The molecule has 2 amide bonds. The lowest BCUT2D eigenvalue weighted by Gasteiger charge is -2.25. The predicted molar refractivity (Wildman–Crippen MR) is 82.3 cm³/mol. The van der Waals surface area contributed by atoms with Crippen molar-refractivity contribution in [3.05, 3.63) is 35.9 Å². The Kier molecular flexibility index (Phi) is 5.03. The number of hydrogen-bond donors (Lipinski definition) is 0. The first kappa shape index (κ1) is 17.0. The van der Waals surface area contributed by atoms with Gasteiger partial charge in [0.15, 0.2) is 0 Å². The van der Waals surface area contributed by atoms with Crippen molar-refractivity contribution in [3.8, 4) is 0 Å². The van der Waals surface area contributed by atoms with Crippen molar-refractivity contribution in [1.82, 2.24) is 4.90 Å². The van der Waals surface area contributed by atoms with Crippen LogP contribution in [0.4, 0.5) is 4.79 Å². The number of imide groups is 1. The van der Waals surface area contributed by atoms with Crippen molar-refractivity contribution in [2.45, 2.75) is 51.9 Å². The van der Waals surface area contributed by atoms with Gasteiger partial charge in [-0.05, 0) is 32.8 Å². The van der Waals surface area contributed by atoms with E-state index in [4.69, 9.17) is 9.47 Å². The standard InChI is InChI=1S/C17H21NO5/c1-17(2,3)23-15(20)13-9-10-14(19)18(13)16(21)22-11-12-7-5-4-6-8-12/h4-8,13H,9-11H2,1-3H3. The Hall–Kier alpha value is -2.37. The normalized spacial score (nSPS) is 18.0. The van der Waals surface area contributed by atoms with Crippen LogP contribution in [0, 0.1) is 0 Å². The molecule has 1 unspecified atom stereocenters. The van der Waals surface area contributed by atoms with Gasteiger partial charge in [-0.15, -0.1) is 0 Å². The van der Waals surface area contributed by atoms with E-state index in [1.807, 2.05) is 30.3 Å². The molecule has 1 aromatic rings. The lowest BCUT2D eigenvalue weighted by Crippen LogP contribution is -2.45. The number of esters is 1. The highest BCUT2D eigenvalue weighted by Crippen LogP contribution is 2.23. The molecule has 0 aromatic heterocycles. The molecule has 0 saturated carbocycles. The van der Waals surface area contributed by atoms with Gasteiger partial charge in [0.05, 0.1) is 0 Å². The minimum atomic E-state index is -0.912. The Labute approximate surface area is 135 Å². The summed E-state index contributed by atoms with van der Waals surface area (Å²) in [5.41, 5.74) is 0.129. The number of nitrogens with zero attached hydrogens (tertiary/aromatic N) is 1. The first-order valence-corrected chi connectivity index (χ1v) is 7.53. The van der Waals surface area contributed by atoms with Crippen LogP contribution in [-0.4, -0.2) is 34.5 Å². The molecule has 0 bridgehead atoms. The summed E-state index contributed by atoms with van der Waals surface area (Å²) in [5, 5.41) is 0. The highest BCUT2D eigenvalue weighted by Gasteiger charge is 2.43. The summed E-state index contributed by atoms with van der Waals surface area (Å²) >= 11 is 0. The van der Waals surface area contributed by atoms with E-state index in [1.54, 1.807) is 20.8 Å². The molecule has 1 heterocycles. The molecular formula is C17H21NO5. The molecule has 0 N–H and O–H groups in total. The summed E-state index contributed by atoms with van der Waals surface area (Å²) in [5.74, 6) is -1.00. The molecule has 1 aromatic carbocycles. The third kappa shape index (κ3) is 4.55. The fourth-order valence-electron chi connectivity index (χ4n) is 2.29. The molecule has 1 aliphatic heterocycles. The average molecular weight is 319 g/mol. The molecule has 2 rings (SSSR count). The second kappa shape index (κ2) is 6.81. The van der Waals surface area contributed by atoms with Crippen LogP contribution >= 0.6 is 0 Å². The molecule has 6 nitrogen and oxygen atoms in total. The highest BCUT2D eigenvalue weighted by molar-refractivity contribution is 5.99. The zero-order valence-electron chi connectivity index (χ0n) is 13.6. The number of ether oxygens (including phenoxy) is 2. The monoisotopic (exact) mass is 319 g/mol. The minimum absolute atomic E-state index is 0.0461. The van der Waals surface area contributed by atoms with Crippen molar-refractivity contribution >= 4 is 18.0 Å². The minimum Gasteiger partial charge on any atom is -0.458 e. The summed E-state index contributed by atoms with van der Waals surface area (Å²) in [6.07, 6.45) is -0.425. The van der Waals surface area contributed by atoms with Crippen molar-refractivity contribution in [2.24, 2.45) is 0 Å². The SMILES string of the molecule is CC(C)(C)OC(=O)C1CCC(=O)N1C(=O)OCc1ccccc1. The molecule has 124 valence electrons. The maximum Gasteiger partial charge on any atom is 0.417 e. The molecule has 1 saturated heterocycles. The van der Waals surface area contributed by atoms with E-state index in [0.717, 1.165) is 10.5 Å². The largest absolute Gasteiger partial charge is 0.458 e. The smallest absolute Gasteiger partial charge is 0.417 e. The van der Waals surface area contributed by atoms with Crippen LogP contribution < -0.4 is 0 Å². The predicted octanol–water partition coefficient (Wildman–Crippen LogP) is 2.66. The lowest BCUT2D eigenvalue weighted by atomic mass is 10.1. The van der Waals surface area contributed by atoms with Crippen LogP contribution in [0.25, 0.3) is 0 Å². The second-order valence-electron chi connectivity index (χ2n) is 6.39. The maximum absolute atomic E-state index is 12.2. The molecule has 1 aliphatic rings. The van der Waals surface area contributed by atoms with Crippen LogP contribution in [0.1, 0.15) is 39.2 Å². The molecule has 1 atom stereocenters. The van der Waals surface area contributed by atoms with Crippen LogP contribution in [0.5, 0.6) is 0 Å². The summed E-state index contributed by atoms with van der Waals surface area (Å²) < 4.78 is 10.4. The van der Waals surface area contributed by atoms with E-state index in [-0.39, 0.29) is 19.4 Å². The van der Waals surface area contributed by atoms with Crippen molar-refractivity contribution in [3.63, 3.8) is 0 Å². The van der Waals surface area contributed by atoms with Gasteiger partial charge < -0.3 is 9.47 Å². The van der Waals surface area contributed by atoms with E-state index >= 15 is 0 Å². The number of rotatable bonds is 3. The fourth-order valence-corrected chi connectivity index (χ4v) is 2.29. The molecule has 0 radical (unpaired) electrons. The molecular weight excluding hydrogens is 298 g/mol. The topological polar surface area (TPSA) is 72.9 Å². The Morgan fingerprint density at radius 3 is 2.48 bits per heavy atom. The molecule has 0 spiro atoms. The van der Waals surface area contributed by atoms with Gasteiger partial charge in [-0.1, -0.05) is 30.3 Å². The van der Waals surface area contributed by atoms with Crippen LogP contribution in [-0.2, 0) is 25.7 Å². The van der Waals surface area contributed by atoms with Gasteiger partial charge in [-0.25, -0.2) is 14.5 Å². The summed E-state index contributed by atoms with van der Waals surface area (Å²) in [6.45, 7) is 5.25. The Bertz CT molecular complexity index is 591. The van der Waals surface area contributed by atoms with Gasteiger partial charge in [0, 0.05) is 6.42 Å². The van der Waals surface area contributed by atoms with E-state index in [1.165, 1.54) is 0 Å². The number of hydrogen-bond acceptors (Lipinski definition) is 5. The number of carbonyl (C=O) groups excluding carboxylic acids is 3. The number of amides is 2. The first-order chi connectivity index (χ1) is 10.8. The second-order valence-corrected chi connectivity index (χ2v) is 6.39. The number of likely N-dealkylation sites (tertiary alicyclic amines) is 1. The third-order valence-corrected chi connectivity index (χ3v) is 3.29. The van der Waals surface area contributed by atoms with Crippen molar-refractivity contribution < 1.29 is 23.9 Å². The number of carbonyl (C=O) groups is 3. The maximum atomic E-state index is 12.2. The lowest BCUT2D eigenvalue weighted by molar-refractivity contribution is -0.161. The Morgan fingerprint density at radius 2 is 1.87 bits per heavy atom. The van der Waals surface area contributed by atoms with E-state index in [9.17, 15) is 14.4 Å². The van der Waals surface area contributed by atoms with Crippen LogP contribution in [0.2, 0.25) is 0 Å². The van der Waals surface area contributed by atoms with E-state index in [0.29, 0.717) is 0 Å². The molecule has 1 fully saturated rings. The first-order valence-electron chi connectivity index (χ1n) is 7.53. The van der Waals surface area contributed by atoms with Crippen LogP contribution in [0.3, 0.4) is 0 Å². The summed E-state index contributed by atoms with van der Waals surface area (Å²) in [6, 6.07) is 8.22. The zero-order valence-corrected chi connectivity index (χ0v) is 13.6. The van der Waals surface area contributed by atoms with Gasteiger partial charge >= 0.3 is 12.1 Å². The van der Waals surface area contributed by atoms with E-state index in [2.05, 4.69) is 0 Å². The third-order valence-electron chi connectivity index (χ3n) is 3.29. The molecule has 6 heteroatoms. The fraction of sp³-hybridized carbons (Fsp3) is 0.471. The van der Waals surface area contributed by atoms with Gasteiger partial charge in [0.1, 0.15) is 18.2 Å². The van der Waals surface area contributed by atoms with Gasteiger partial charge in [0.25, 0.3) is 0 Å². The quantitative estimate of drug-likeness (QED) is 0.801. The van der Waals surface area contributed by atoms with E-state index < -0.39 is 29.6 Å². The van der Waals surface area contributed by atoms with Crippen LogP contribution in [0.15, 0.2) is 30.3 Å². The average Bonchev–Trinajstić information content (AvgIpc) is 2.86. The summed E-state index contributed by atoms with van der Waals surface area (Å²) in [4.78, 5) is 37.2. The van der Waals surface area contributed by atoms with Gasteiger partial charge in [0.2, 0.25) is 5.91 Å². The van der Waals surface area contributed by atoms with Crippen molar-refractivity contribution in [2.75, 3.05) is 0 Å². The Morgan fingerprint density at radius 1 is 1.22 bits per heavy atom. The highest BCUT2D eigenvalue weighted by atomic mass is 16.6. The number of benzene rings is 1. The van der Waals surface area contributed by atoms with Gasteiger partial charge in [-0.3, -0.25) is 4.79 Å². The molecule has 23 heavy (non-hydrogen) atoms. The Balaban J connectivity index is 2.01. The zero-order chi connectivity index (χ0) is 17.0.